The Hall–Kier alpha value is -2.08. The van der Waals surface area contributed by atoms with Crippen LogP contribution >= 0.6 is 0 Å². The Kier molecular flexibility index (Phi) is 7.03. The zero-order chi connectivity index (χ0) is 17.5. The van der Waals surface area contributed by atoms with Gasteiger partial charge in [0, 0.05) is 6.42 Å². The van der Waals surface area contributed by atoms with Crippen LogP contribution in [0.2, 0.25) is 0 Å². The van der Waals surface area contributed by atoms with Crippen LogP contribution in [0, 0.1) is 0 Å². The van der Waals surface area contributed by atoms with E-state index >= 15 is 0 Å². The van der Waals surface area contributed by atoms with E-state index in [0.29, 0.717) is 25.2 Å². The highest BCUT2D eigenvalue weighted by atomic mass is 16.6. The van der Waals surface area contributed by atoms with Gasteiger partial charge in [-0.25, -0.2) is 0 Å². The Morgan fingerprint density at radius 2 is 1.83 bits per heavy atom. The van der Waals surface area contributed by atoms with Crippen LogP contribution in [0.3, 0.4) is 0 Å². The lowest BCUT2D eigenvalue weighted by atomic mass is 10.1. The lowest BCUT2D eigenvalue weighted by Gasteiger charge is -2.22. The molecule has 3 N–H and O–H groups in total. The molecule has 6 heteroatoms. The first kappa shape index (κ1) is 19.0. The number of carboxylic acids is 1. The van der Waals surface area contributed by atoms with E-state index < -0.39 is 23.6 Å². The van der Waals surface area contributed by atoms with Gasteiger partial charge < -0.3 is 20.3 Å². The number of nitrogens with two attached hydrogens (primary N) is 1. The number of rotatable bonds is 8. The van der Waals surface area contributed by atoms with Crippen molar-refractivity contribution in [2.75, 3.05) is 6.61 Å². The van der Waals surface area contributed by atoms with Crippen LogP contribution in [0.4, 0.5) is 0 Å². The van der Waals surface area contributed by atoms with Gasteiger partial charge in [-0.15, -0.1) is 0 Å². The third-order valence-electron chi connectivity index (χ3n) is 2.89. The average molecular weight is 323 g/mol. The minimum atomic E-state index is -0.833. The van der Waals surface area contributed by atoms with Crippen molar-refractivity contribution in [2.45, 2.75) is 51.7 Å². The highest BCUT2D eigenvalue weighted by molar-refractivity contribution is 5.76. The summed E-state index contributed by atoms with van der Waals surface area (Å²) >= 11 is 0. The molecule has 23 heavy (non-hydrogen) atoms. The molecule has 1 aromatic carbocycles. The Labute approximate surface area is 136 Å². The zero-order valence-electron chi connectivity index (χ0n) is 13.9. The van der Waals surface area contributed by atoms with Crippen LogP contribution in [-0.2, 0) is 20.7 Å². The van der Waals surface area contributed by atoms with Crippen molar-refractivity contribution in [3.8, 4) is 5.75 Å². The summed E-state index contributed by atoms with van der Waals surface area (Å²) in [6.07, 6.45) is 0.928. The van der Waals surface area contributed by atoms with Crippen LogP contribution in [-0.4, -0.2) is 35.3 Å². The molecule has 0 aromatic heterocycles. The number of aliphatic carboxylic acids is 1. The summed E-state index contributed by atoms with van der Waals surface area (Å²) in [6, 6.07) is 6.50. The predicted octanol–water partition coefficient (Wildman–Crippen LogP) is 2.14. The normalized spacial score (nSPS) is 12.5. The van der Waals surface area contributed by atoms with Gasteiger partial charge >= 0.3 is 11.9 Å². The first-order chi connectivity index (χ1) is 10.7. The largest absolute Gasteiger partial charge is 0.494 e. The maximum Gasteiger partial charge on any atom is 0.323 e. The predicted molar refractivity (Wildman–Crippen MR) is 86.3 cm³/mol. The number of carbonyl (C=O) groups excluding carboxylic acids is 1. The van der Waals surface area contributed by atoms with Gasteiger partial charge in [0.15, 0.2) is 0 Å². The van der Waals surface area contributed by atoms with Crippen molar-refractivity contribution < 1.29 is 24.2 Å². The second-order valence-corrected chi connectivity index (χ2v) is 6.33. The van der Waals surface area contributed by atoms with E-state index in [1.807, 2.05) is 12.1 Å². The average Bonchev–Trinajstić information content (AvgIpc) is 2.43. The minimum absolute atomic E-state index is 0.0861. The molecule has 0 aliphatic rings. The van der Waals surface area contributed by atoms with E-state index in [1.165, 1.54) is 0 Å². The molecule has 1 unspecified atom stereocenters. The van der Waals surface area contributed by atoms with Crippen molar-refractivity contribution in [1.82, 2.24) is 0 Å². The van der Waals surface area contributed by atoms with Crippen LogP contribution < -0.4 is 10.5 Å². The van der Waals surface area contributed by atoms with E-state index in [-0.39, 0.29) is 6.42 Å². The van der Waals surface area contributed by atoms with E-state index in [2.05, 4.69) is 0 Å². The maximum absolute atomic E-state index is 11.8. The quantitative estimate of drug-likeness (QED) is 0.562. The number of ether oxygens (including phenoxy) is 2. The van der Waals surface area contributed by atoms with Gasteiger partial charge in [-0.3, -0.25) is 9.59 Å². The number of hydrogen-bond acceptors (Lipinski definition) is 5. The molecule has 6 nitrogen and oxygen atoms in total. The van der Waals surface area contributed by atoms with Crippen molar-refractivity contribution in [3.63, 3.8) is 0 Å². The maximum atomic E-state index is 11.8. The number of carboxylic acid groups (broad SMARTS) is 1. The molecular formula is C17H25NO5. The molecule has 0 amide bonds. The molecule has 0 heterocycles. The minimum Gasteiger partial charge on any atom is -0.494 e. The second kappa shape index (κ2) is 8.53. The lowest BCUT2D eigenvalue weighted by molar-refractivity contribution is -0.156. The summed E-state index contributed by atoms with van der Waals surface area (Å²) in [4.78, 5) is 22.2. The molecule has 0 radical (unpaired) electrons. The Bertz CT molecular complexity index is 519. The van der Waals surface area contributed by atoms with Crippen LogP contribution in [0.5, 0.6) is 5.75 Å². The standard InChI is InChI=1S/C17H25NO5/c1-17(2,3)23-16(21)14(18)11-12-6-8-13(9-7-12)22-10-4-5-15(19)20/h6-9,14H,4-5,10-11,18H2,1-3H3,(H,19,20). The van der Waals surface area contributed by atoms with E-state index in [0.717, 1.165) is 5.56 Å². The molecule has 128 valence electrons. The number of hydrogen-bond donors (Lipinski definition) is 2. The van der Waals surface area contributed by atoms with Gasteiger partial charge in [0.1, 0.15) is 17.4 Å². The van der Waals surface area contributed by atoms with E-state index in [4.69, 9.17) is 20.3 Å². The van der Waals surface area contributed by atoms with Gasteiger partial charge in [0.05, 0.1) is 6.61 Å². The molecule has 0 spiro atoms. The summed E-state index contributed by atoms with van der Waals surface area (Å²) < 4.78 is 10.7. The van der Waals surface area contributed by atoms with Crippen molar-refractivity contribution >= 4 is 11.9 Å². The SMILES string of the molecule is CC(C)(C)OC(=O)C(N)Cc1ccc(OCCCC(=O)O)cc1. The number of carbonyl (C=O) groups is 2. The first-order valence-corrected chi connectivity index (χ1v) is 7.59. The van der Waals surface area contributed by atoms with Gasteiger partial charge in [-0.2, -0.15) is 0 Å². The molecule has 0 aliphatic heterocycles. The van der Waals surface area contributed by atoms with Gasteiger partial charge in [0.2, 0.25) is 0 Å². The van der Waals surface area contributed by atoms with Crippen LogP contribution in [0.1, 0.15) is 39.2 Å². The summed E-state index contributed by atoms with van der Waals surface area (Å²) in [5.41, 5.74) is 6.21. The smallest absolute Gasteiger partial charge is 0.323 e. The summed E-state index contributed by atoms with van der Waals surface area (Å²) in [5, 5.41) is 8.54. The molecule has 1 atom stereocenters. The molecular weight excluding hydrogens is 298 g/mol. The fraction of sp³-hybridized carbons (Fsp3) is 0.529. The number of esters is 1. The Morgan fingerprint density at radius 3 is 2.35 bits per heavy atom. The molecule has 0 bridgehead atoms. The summed E-state index contributed by atoms with van der Waals surface area (Å²) in [6.45, 7) is 5.75. The molecule has 1 aromatic rings. The molecule has 0 aliphatic carbocycles. The van der Waals surface area contributed by atoms with E-state index in [9.17, 15) is 9.59 Å². The van der Waals surface area contributed by atoms with E-state index in [1.54, 1.807) is 32.9 Å². The highest BCUT2D eigenvalue weighted by Crippen LogP contribution is 2.15. The van der Waals surface area contributed by atoms with Gasteiger partial charge in [-0.1, -0.05) is 12.1 Å². The zero-order valence-corrected chi connectivity index (χ0v) is 13.9. The lowest BCUT2D eigenvalue weighted by Crippen LogP contribution is -2.38. The fourth-order valence-electron chi connectivity index (χ4n) is 1.85. The van der Waals surface area contributed by atoms with Gasteiger partial charge in [0.25, 0.3) is 0 Å². The molecule has 1 rings (SSSR count). The van der Waals surface area contributed by atoms with Crippen molar-refractivity contribution in [3.05, 3.63) is 29.8 Å². The third-order valence-corrected chi connectivity index (χ3v) is 2.89. The topological polar surface area (TPSA) is 98.9 Å². The summed E-state index contributed by atoms with van der Waals surface area (Å²) in [5.74, 6) is -0.600. The Morgan fingerprint density at radius 1 is 1.22 bits per heavy atom. The highest BCUT2D eigenvalue weighted by Gasteiger charge is 2.22. The monoisotopic (exact) mass is 323 g/mol. The molecule has 0 saturated carbocycles. The Balaban J connectivity index is 2.44. The first-order valence-electron chi connectivity index (χ1n) is 7.59. The molecule has 0 saturated heterocycles. The molecule has 0 fully saturated rings. The van der Waals surface area contributed by atoms with Crippen molar-refractivity contribution in [1.29, 1.82) is 0 Å². The third kappa shape index (κ3) is 8.21. The summed E-state index contributed by atoms with van der Waals surface area (Å²) in [7, 11) is 0. The van der Waals surface area contributed by atoms with Crippen LogP contribution in [0.15, 0.2) is 24.3 Å². The fourth-order valence-corrected chi connectivity index (χ4v) is 1.85. The number of benzene rings is 1. The second-order valence-electron chi connectivity index (χ2n) is 6.33. The van der Waals surface area contributed by atoms with Gasteiger partial charge in [-0.05, 0) is 51.3 Å². The van der Waals surface area contributed by atoms with Crippen molar-refractivity contribution in [2.24, 2.45) is 5.73 Å². The van der Waals surface area contributed by atoms with Crippen LogP contribution in [0.25, 0.3) is 0 Å².